The summed E-state index contributed by atoms with van der Waals surface area (Å²) in [7, 11) is 0. The van der Waals surface area contributed by atoms with Gasteiger partial charge in [-0.25, -0.2) is 4.39 Å². The van der Waals surface area contributed by atoms with Gasteiger partial charge in [0.1, 0.15) is 6.61 Å². The Morgan fingerprint density at radius 2 is 1.82 bits per heavy atom. The number of hydrogen-bond acceptors (Lipinski definition) is 1. The van der Waals surface area contributed by atoms with Crippen molar-refractivity contribution in [2.75, 3.05) is 6.61 Å². The van der Waals surface area contributed by atoms with Gasteiger partial charge in [0, 0.05) is 5.39 Å². The van der Waals surface area contributed by atoms with Crippen LogP contribution in [0.15, 0.2) is 36.9 Å². The molecule has 28 heavy (non-hydrogen) atoms. The van der Waals surface area contributed by atoms with Crippen LogP contribution in [0.25, 0.3) is 10.8 Å². The number of ether oxygens (including phenoxy) is 1. The lowest BCUT2D eigenvalue weighted by atomic mass is 9.63. The summed E-state index contributed by atoms with van der Waals surface area (Å²) in [4.78, 5) is 0. The van der Waals surface area contributed by atoms with Crippen LogP contribution in [0.3, 0.4) is 0 Å². The highest BCUT2D eigenvalue weighted by Crippen LogP contribution is 2.48. The van der Waals surface area contributed by atoms with Crippen molar-refractivity contribution in [2.45, 2.75) is 57.8 Å². The van der Waals surface area contributed by atoms with Gasteiger partial charge in [-0.15, -0.1) is 0 Å². The van der Waals surface area contributed by atoms with Crippen molar-refractivity contribution in [3.63, 3.8) is 0 Å². The first-order valence-corrected chi connectivity index (χ1v) is 10.8. The Balaban J connectivity index is 1.57. The average Bonchev–Trinajstić information content (AvgIpc) is 2.74. The molecule has 0 radical (unpaired) electrons. The zero-order chi connectivity index (χ0) is 19.7. The predicted octanol–water partition coefficient (Wildman–Crippen LogP) is 7.39. The largest absolute Gasteiger partial charge is 0.486 e. The Hall–Kier alpha value is -1.90. The van der Waals surface area contributed by atoms with E-state index in [0.717, 1.165) is 29.7 Å². The first-order chi connectivity index (χ1) is 13.6. The normalized spacial score (nSPS) is 27.4. The van der Waals surface area contributed by atoms with Gasteiger partial charge in [-0.05, 0) is 78.9 Å². The number of hydrogen-bond donors (Lipinski definition) is 0. The van der Waals surface area contributed by atoms with Gasteiger partial charge in [0.05, 0.1) is 0 Å². The van der Waals surface area contributed by atoms with Gasteiger partial charge in [-0.1, -0.05) is 44.6 Å². The van der Waals surface area contributed by atoms with E-state index in [1.54, 1.807) is 6.07 Å². The zero-order valence-corrected chi connectivity index (χ0v) is 16.7. The quantitative estimate of drug-likeness (QED) is 0.488. The Morgan fingerprint density at radius 1 is 1.04 bits per heavy atom. The van der Waals surface area contributed by atoms with Gasteiger partial charge >= 0.3 is 0 Å². The molecule has 4 atom stereocenters. The Bertz CT molecular complexity index is 859. The van der Waals surface area contributed by atoms with E-state index in [2.05, 4.69) is 19.6 Å². The average molecular weight is 385 g/mol. The van der Waals surface area contributed by atoms with E-state index < -0.39 is 11.6 Å². The third-order valence-electron chi connectivity index (χ3n) is 7.14. The summed E-state index contributed by atoms with van der Waals surface area (Å²) in [5.41, 5.74) is 1.15. The van der Waals surface area contributed by atoms with Crippen molar-refractivity contribution < 1.29 is 13.5 Å². The molecule has 0 saturated heterocycles. The molecule has 2 saturated carbocycles. The summed E-state index contributed by atoms with van der Waals surface area (Å²) in [6.45, 7) is 6.02. The minimum atomic E-state index is -0.909. The Labute approximate surface area is 166 Å². The molecular formula is C25H30F2O. The van der Waals surface area contributed by atoms with Crippen molar-refractivity contribution in [1.82, 2.24) is 0 Å². The molecule has 2 aliphatic rings. The van der Waals surface area contributed by atoms with Crippen LogP contribution in [0, 0.1) is 29.4 Å². The van der Waals surface area contributed by atoms with E-state index in [0.29, 0.717) is 16.7 Å². The molecule has 2 unspecified atom stereocenters. The molecule has 0 bridgehead atoms. The van der Waals surface area contributed by atoms with Crippen LogP contribution in [0.1, 0.15) is 63.4 Å². The maximum absolute atomic E-state index is 14.7. The first kappa shape index (κ1) is 19.4. The lowest BCUT2D eigenvalue weighted by Crippen LogP contribution is -2.30. The standard InChI is InChI=1S/C25H30F2O/c1-3-11-28-23-15-21-10-9-20(14-22(21)24(26)25(23)27)19-8-7-17-12-16(4-2)5-6-18(17)13-19/h3,9-10,14-19H,1,4-8,11-13H2,2H3/t16?,17-,18?,19-/m1/s1. The zero-order valence-electron chi connectivity index (χ0n) is 16.7. The molecule has 1 nitrogen and oxygen atoms in total. The molecule has 2 aromatic rings. The summed E-state index contributed by atoms with van der Waals surface area (Å²) < 4.78 is 34.4. The maximum atomic E-state index is 14.7. The molecular weight excluding hydrogens is 354 g/mol. The fourth-order valence-electron chi connectivity index (χ4n) is 5.49. The highest BCUT2D eigenvalue weighted by Gasteiger charge is 2.35. The molecule has 0 N–H and O–H groups in total. The second-order valence-electron chi connectivity index (χ2n) is 8.70. The van der Waals surface area contributed by atoms with Crippen LogP contribution in [0.5, 0.6) is 5.75 Å². The van der Waals surface area contributed by atoms with Crippen LogP contribution >= 0.6 is 0 Å². The lowest BCUT2D eigenvalue weighted by molar-refractivity contribution is 0.116. The van der Waals surface area contributed by atoms with E-state index in [1.807, 2.05) is 12.1 Å². The fourth-order valence-corrected chi connectivity index (χ4v) is 5.49. The summed E-state index contributed by atoms with van der Waals surface area (Å²) in [5, 5.41) is 1.04. The number of benzene rings is 2. The molecule has 0 aromatic heterocycles. The van der Waals surface area contributed by atoms with Crippen LogP contribution < -0.4 is 4.74 Å². The van der Waals surface area contributed by atoms with Crippen molar-refractivity contribution in [3.05, 3.63) is 54.1 Å². The highest BCUT2D eigenvalue weighted by atomic mass is 19.2. The van der Waals surface area contributed by atoms with Crippen molar-refractivity contribution in [2.24, 2.45) is 17.8 Å². The van der Waals surface area contributed by atoms with E-state index in [1.165, 1.54) is 44.6 Å². The van der Waals surface area contributed by atoms with Crippen LogP contribution in [-0.4, -0.2) is 6.61 Å². The van der Waals surface area contributed by atoms with Crippen molar-refractivity contribution in [3.8, 4) is 5.75 Å². The number of fused-ring (bicyclic) bond motifs is 2. The Morgan fingerprint density at radius 3 is 2.61 bits per heavy atom. The van der Waals surface area contributed by atoms with Gasteiger partial charge in [-0.2, -0.15) is 4.39 Å². The summed E-state index contributed by atoms with van der Waals surface area (Å²) >= 11 is 0. The topological polar surface area (TPSA) is 9.23 Å². The summed E-state index contributed by atoms with van der Waals surface area (Å²) in [6, 6.07) is 7.46. The minimum Gasteiger partial charge on any atom is -0.486 e. The van der Waals surface area contributed by atoms with Gasteiger partial charge in [0.25, 0.3) is 0 Å². The maximum Gasteiger partial charge on any atom is 0.201 e. The monoisotopic (exact) mass is 384 g/mol. The molecule has 150 valence electrons. The summed E-state index contributed by atoms with van der Waals surface area (Å²) in [6.07, 6.45) is 10.5. The molecule has 0 spiro atoms. The lowest BCUT2D eigenvalue weighted by Gasteiger charge is -2.42. The molecule has 0 aliphatic heterocycles. The first-order valence-electron chi connectivity index (χ1n) is 10.8. The van der Waals surface area contributed by atoms with E-state index in [-0.39, 0.29) is 12.4 Å². The van der Waals surface area contributed by atoms with Crippen LogP contribution in [0.2, 0.25) is 0 Å². The number of rotatable bonds is 5. The predicted molar refractivity (Wildman–Crippen MR) is 111 cm³/mol. The van der Waals surface area contributed by atoms with E-state index in [4.69, 9.17) is 4.74 Å². The molecule has 0 amide bonds. The smallest absolute Gasteiger partial charge is 0.201 e. The van der Waals surface area contributed by atoms with Crippen molar-refractivity contribution in [1.29, 1.82) is 0 Å². The third kappa shape index (κ3) is 3.68. The molecule has 2 fully saturated rings. The molecule has 2 aliphatic carbocycles. The molecule has 3 heteroatoms. The van der Waals surface area contributed by atoms with Gasteiger partial charge in [0.15, 0.2) is 11.6 Å². The van der Waals surface area contributed by atoms with Crippen LogP contribution in [0.4, 0.5) is 8.78 Å². The van der Waals surface area contributed by atoms with Crippen molar-refractivity contribution >= 4 is 10.8 Å². The highest BCUT2D eigenvalue weighted by molar-refractivity contribution is 5.85. The number of halogens is 2. The Kier molecular flexibility index (Phi) is 5.70. The van der Waals surface area contributed by atoms with Crippen LogP contribution in [-0.2, 0) is 0 Å². The second-order valence-corrected chi connectivity index (χ2v) is 8.70. The second kappa shape index (κ2) is 8.23. The summed E-state index contributed by atoms with van der Waals surface area (Å²) in [5.74, 6) is 1.27. The van der Waals surface area contributed by atoms with Gasteiger partial charge < -0.3 is 4.74 Å². The molecule has 4 rings (SSSR count). The van der Waals surface area contributed by atoms with Gasteiger partial charge in [-0.3, -0.25) is 0 Å². The minimum absolute atomic E-state index is 0.0501. The van der Waals surface area contributed by atoms with E-state index >= 15 is 0 Å². The third-order valence-corrected chi connectivity index (χ3v) is 7.14. The molecule has 0 heterocycles. The SMILES string of the molecule is C=CCOc1cc2ccc([C@@H]3CC[C@@H]4CC(CC)CCC4C3)cc2c(F)c1F. The van der Waals surface area contributed by atoms with E-state index in [9.17, 15) is 8.78 Å². The molecule has 2 aromatic carbocycles. The van der Waals surface area contributed by atoms with Gasteiger partial charge in [0.2, 0.25) is 5.82 Å². The fraction of sp³-hybridized carbons (Fsp3) is 0.520.